The average molecular weight is 219 g/mol. The molecule has 0 aliphatic heterocycles. The Morgan fingerprint density at radius 1 is 1.47 bits per heavy atom. The van der Waals surface area contributed by atoms with Crippen LogP contribution in [-0.2, 0) is 4.79 Å². The molecule has 0 radical (unpaired) electrons. The minimum absolute atomic E-state index is 0.128. The Kier molecular flexibility index (Phi) is 6.50. The van der Waals surface area contributed by atoms with E-state index in [1.54, 1.807) is 0 Å². The number of aliphatic hydroxyl groups is 2. The van der Waals surface area contributed by atoms with Gasteiger partial charge in [-0.3, -0.25) is 0 Å². The van der Waals surface area contributed by atoms with Crippen LogP contribution in [0.4, 0.5) is 0 Å². The number of carboxylic acid groups (broad SMARTS) is 1. The fourth-order valence-electron chi connectivity index (χ4n) is 1.29. The third-order valence-electron chi connectivity index (χ3n) is 2.34. The summed E-state index contributed by atoms with van der Waals surface area (Å²) in [6.07, 6.45) is -1.68. The molecule has 7 heteroatoms. The van der Waals surface area contributed by atoms with E-state index in [2.05, 4.69) is 0 Å². The van der Waals surface area contributed by atoms with Gasteiger partial charge < -0.3 is 30.2 Å². The smallest absolute Gasteiger partial charge is 0.454 e. The minimum Gasteiger partial charge on any atom is -0.550 e. The minimum atomic E-state index is -1.55. The van der Waals surface area contributed by atoms with E-state index in [4.69, 9.17) is 15.2 Å². The van der Waals surface area contributed by atoms with Crippen molar-refractivity contribution in [3.8, 4) is 0 Å². The molecule has 0 aromatic heterocycles. The summed E-state index contributed by atoms with van der Waals surface area (Å²) in [7, 11) is -1.55. The molecule has 3 atom stereocenters. The van der Waals surface area contributed by atoms with Crippen LogP contribution in [0.25, 0.3) is 0 Å². The molecule has 0 aliphatic rings. The first-order valence-corrected chi connectivity index (χ1v) is 4.73. The maximum absolute atomic E-state index is 10.2. The van der Waals surface area contributed by atoms with Crippen molar-refractivity contribution in [2.24, 2.45) is 5.92 Å². The molecule has 0 heterocycles. The highest BCUT2D eigenvalue weighted by molar-refractivity contribution is 6.42. The molecule has 0 rings (SSSR count). The van der Waals surface area contributed by atoms with Gasteiger partial charge in [0.2, 0.25) is 0 Å². The molecule has 2 unspecified atom stereocenters. The lowest BCUT2D eigenvalue weighted by Gasteiger charge is -2.23. The van der Waals surface area contributed by atoms with E-state index < -0.39 is 44.0 Å². The molecule has 0 spiro atoms. The second-order valence-corrected chi connectivity index (χ2v) is 3.71. The number of hydrogen-bond acceptors (Lipinski definition) is 6. The average Bonchev–Trinajstić information content (AvgIpc) is 2.11. The molecule has 0 saturated heterocycles. The third-order valence-corrected chi connectivity index (χ3v) is 2.34. The molecule has 0 bridgehead atoms. The first-order chi connectivity index (χ1) is 6.88. The largest absolute Gasteiger partial charge is 0.550 e. The van der Waals surface area contributed by atoms with Crippen LogP contribution in [0.15, 0.2) is 0 Å². The summed E-state index contributed by atoms with van der Waals surface area (Å²) >= 11 is 0. The van der Waals surface area contributed by atoms with Crippen LogP contribution in [0.1, 0.15) is 19.8 Å². The van der Waals surface area contributed by atoms with Crippen molar-refractivity contribution >= 4 is 13.1 Å². The number of aliphatic hydroxyl groups excluding tert-OH is 2. The zero-order chi connectivity index (χ0) is 12.0. The van der Waals surface area contributed by atoms with Gasteiger partial charge in [0.1, 0.15) is 0 Å². The van der Waals surface area contributed by atoms with Crippen molar-refractivity contribution in [2.45, 2.75) is 31.7 Å². The van der Waals surface area contributed by atoms with Crippen LogP contribution in [0.3, 0.4) is 0 Å². The van der Waals surface area contributed by atoms with Crippen LogP contribution < -0.4 is 5.11 Å². The van der Waals surface area contributed by atoms with Crippen LogP contribution >= 0.6 is 0 Å². The summed E-state index contributed by atoms with van der Waals surface area (Å²) in [5.74, 6) is -2.64. The van der Waals surface area contributed by atoms with Crippen LogP contribution in [-0.4, -0.2) is 46.1 Å². The fraction of sp³-hybridized carbons (Fsp3) is 0.875. The van der Waals surface area contributed by atoms with E-state index in [0.29, 0.717) is 0 Å². The van der Waals surface area contributed by atoms with Gasteiger partial charge in [-0.1, -0.05) is 6.92 Å². The Bertz CT molecular complexity index is 198. The lowest BCUT2D eigenvalue weighted by atomic mass is 9.69. The lowest BCUT2D eigenvalue weighted by Crippen LogP contribution is -2.34. The zero-order valence-electron chi connectivity index (χ0n) is 8.54. The van der Waals surface area contributed by atoms with E-state index in [-0.39, 0.29) is 6.42 Å². The van der Waals surface area contributed by atoms with E-state index in [9.17, 15) is 15.0 Å². The number of rotatable bonds is 7. The zero-order valence-corrected chi connectivity index (χ0v) is 8.54. The Morgan fingerprint density at radius 3 is 2.33 bits per heavy atom. The summed E-state index contributed by atoms with van der Waals surface area (Å²) in [6.45, 7) is 1.12. The second kappa shape index (κ2) is 6.78. The van der Waals surface area contributed by atoms with E-state index in [1.165, 1.54) is 6.92 Å². The van der Waals surface area contributed by atoms with Crippen molar-refractivity contribution in [3.05, 3.63) is 0 Å². The van der Waals surface area contributed by atoms with Crippen LogP contribution in [0.2, 0.25) is 5.82 Å². The number of carboxylic acids is 1. The highest BCUT2D eigenvalue weighted by atomic mass is 16.4. The Hall–Kier alpha value is -0.625. The maximum Gasteiger partial charge on any atom is 0.454 e. The molecular formula is C8H16BO6-. The second-order valence-electron chi connectivity index (χ2n) is 3.71. The van der Waals surface area contributed by atoms with Gasteiger partial charge >= 0.3 is 7.12 Å². The van der Waals surface area contributed by atoms with Gasteiger partial charge in [0.15, 0.2) is 0 Å². The monoisotopic (exact) mass is 219 g/mol. The molecule has 4 N–H and O–H groups in total. The van der Waals surface area contributed by atoms with E-state index in [1.807, 2.05) is 0 Å². The summed E-state index contributed by atoms with van der Waals surface area (Å²) in [6, 6.07) is 0. The van der Waals surface area contributed by atoms with E-state index in [0.717, 1.165) is 0 Å². The standard InChI is InChI=1S/C8H17BO6/c1-5(9(14)15)2-6(4-10)7(11)3-8(12)13/h5-7,10-11,14-15H,2-4H2,1H3,(H,12,13)/p-1/t5-,6?,7?/m0/s1. The van der Waals surface area contributed by atoms with Crippen molar-refractivity contribution in [1.82, 2.24) is 0 Å². The molecular weight excluding hydrogens is 203 g/mol. The Labute approximate surface area is 88.3 Å². The summed E-state index contributed by atoms with van der Waals surface area (Å²) in [4.78, 5) is 10.2. The van der Waals surface area contributed by atoms with Gasteiger partial charge in [-0.05, 0) is 12.2 Å². The van der Waals surface area contributed by atoms with Gasteiger partial charge in [0.05, 0.1) is 6.10 Å². The predicted octanol–water partition coefficient (Wildman–Crippen LogP) is -2.65. The molecule has 0 aliphatic carbocycles. The normalized spacial score (nSPS) is 16.9. The quantitative estimate of drug-likeness (QED) is 0.347. The van der Waals surface area contributed by atoms with Crippen molar-refractivity contribution in [2.75, 3.05) is 6.61 Å². The first kappa shape index (κ1) is 14.4. The highest BCUT2D eigenvalue weighted by Gasteiger charge is 2.26. The molecule has 0 saturated carbocycles. The number of carbonyl (C=O) groups excluding carboxylic acids is 1. The SMILES string of the molecule is C[C@@H](CC(CO)C(O)CC(=O)[O-])B(O)O. The van der Waals surface area contributed by atoms with Gasteiger partial charge in [0.25, 0.3) is 0 Å². The topological polar surface area (TPSA) is 121 Å². The van der Waals surface area contributed by atoms with Crippen molar-refractivity contribution in [3.63, 3.8) is 0 Å². The summed E-state index contributed by atoms with van der Waals surface area (Å²) in [5.41, 5.74) is 0. The van der Waals surface area contributed by atoms with Crippen molar-refractivity contribution < 1.29 is 30.2 Å². The Morgan fingerprint density at radius 2 is 2.00 bits per heavy atom. The number of carbonyl (C=O) groups is 1. The van der Waals surface area contributed by atoms with Gasteiger partial charge in [-0.25, -0.2) is 0 Å². The maximum atomic E-state index is 10.2. The summed E-state index contributed by atoms with van der Waals surface area (Å²) in [5, 5.41) is 46.1. The molecule has 15 heavy (non-hydrogen) atoms. The lowest BCUT2D eigenvalue weighted by molar-refractivity contribution is -0.307. The van der Waals surface area contributed by atoms with Crippen LogP contribution in [0.5, 0.6) is 0 Å². The molecule has 0 aromatic carbocycles. The predicted molar refractivity (Wildman–Crippen MR) is 50.4 cm³/mol. The Balaban J connectivity index is 4.17. The number of hydrogen-bond donors (Lipinski definition) is 4. The van der Waals surface area contributed by atoms with Gasteiger partial charge in [0, 0.05) is 24.9 Å². The highest BCUT2D eigenvalue weighted by Crippen LogP contribution is 2.22. The first-order valence-electron chi connectivity index (χ1n) is 4.73. The van der Waals surface area contributed by atoms with E-state index >= 15 is 0 Å². The van der Waals surface area contributed by atoms with Gasteiger partial charge in [-0.15, -0.1) is 0 Å². The number of aliphatic carboxylic acids is 1. The molecule has 6 nitrogen and oxygen atoms in total. The fourth-order valence-corrected chi connectivity index (χ4v) is 1.29. The van der Waals surface area contributed by atoms with Gasteiger partial charge in [-0.2, -0.15) is 0 Å². The molecule has 0 fully saturated rings. The van der Waals surface area contributed by atoms with Crippen molar-refractivity contribution in [1.29, 1.82) is 0 Å². The molecule has 0 aromatic rings. The molecule has 0 amide bonds. The summed E-state index contributed by atoms with van der Waals surface area (Å²) < 4.78 is 0. The molecule has 88 valence electrons. The van der Waals surface area contributed by atoms with Crippen LogP contribution in [0, 0.1) is 5.92 Å². The third kappa shape index (κ3) is 5.73.